The van der Waals surface area contributed by atoms with E-state index in [1.807, 2.05) is 19.1 Å². The van der Waals surface area contributed by atoms with E-state index in [0.29, 0.717) is 24.5 Å². The maximum atomic E-state index is 13.4. The number of allylic oxidation sites excluding steroid dienone is 1. The Bertz CT molecular complexity index is 931. The van der Waals surface area contributed by atoms with E-state index in [4.69, 9.17) is 0 Å². The van der Waals surface area contributed by atoms with Gasteiger partial charge < -0.3 is 10.2 Å². The number of piperidine rings is 1. The van der Waals surface area contributed by atoms with Crippen LogP contribution in [0.1, 0.15) is 34.3 Å². The predicted molar refractivity (Wildman–Crippen MR) is 109 cm³/mol. The minimum atomic E-state index is -4.63. The average molecular weight is 416 g/mol. The van der Waals surface area contributed by atoms with Crippen molar-refractivity contribution in [3.8, 4) is 0 Å². The summed E-state index contributed by atoms with van der Waals surface area (Å²) in [6.07, 6.45) is -2.98. The van der Waals surface area contributed by atoms with E-state index < -0.39 is 17.7 Å². The number of nitrogens with one attached hydrogen (secondary N) is 1. The summed E-state index contributed by atoms with van der Waals surface area (Å²) in [4.78, 5) is 26.3. The fraction of sp³-hybridized carbons (Fsp3) is 0.304. The van der Waals surface area contributed by atoms with E-state index in [1.165, 1.54) is 29.2 Å². The van der Waals surface area contributed by atoms with Crippen LogP contribution in [0.5, 0.6) is 0 Å². The van der Waals surface area contributed by atoms with Crippen molar-refractivity contribution in [1.82, 2.24) is 10.2 Å². The van der Waals surface area contributed by atoms with Gasteiger partial charge in [-0.25, -0.2) is 0 Å². The Morgan fingerprint density at radius 3 is 2.20 bits per heavy atom. The van der Waals surface area contributed by atoms with Crippen molar-refractivity contribution in [2.24, 2.45) is 0 Å². The first-order valence-corrected chi connectivity index (χ1v) is 9.75. The first-order chi connectivity index (χ1) is 14.3. The number of hydrogen-bond acceptors (Lipinski definition) is 2. The van der Waals surface area contributed by atoms with Crippen LogP contribution in [0.2, 0.25) is 0 Å². The normalized spacial score (nSPS) is 15.7. The summed E-state index contributed by atoms with van der Waals surface area (Å²) in [5, 5.41) is 2.95. The molecule has 0 aliphatic carbocycles. The molecule has 1 fully saturated rings. The van der Waals surface area contributed by atoms with Gasteiger partial charge in [0, 0.05) is 30.8 Å². The lowest BCUT2D eigenvalue weighted by atomic mass is 10.0. The van der Waals surface area contributed by atoms with Gasteiger partial charge in [0.1, 0.15) is 0 Å². The molecule has 0 bridgehead atoms. The molecule has 2 aromatic carbocycles. The zero-order valence-corrected chi connectivity index (χ0v) is 16.6. The zero-order valence-electron chi connectivity index (χ0n) is 16.6. The zero-order chi connectivity index (χ0) is 21.7. The molecule has 4 nitrogen and oxygen atoms in total. The summed E-state index contributed by atoms with van der Waals surface area (Å²) in [6, 6.07) is 14.4. The monoisotopic (exact) mass is 416 g/mol. The molecule has 0 aromatic heterocycles. The molecule has 0 spiro atoms. The van der Waals surface area contributed by atoms with Gasteiger partial charge in [0.05, 0.1) is 5.57 Å². The van der Waals surface area contributed by atoms with E-state index in [2.05, 4.69) is 5.32 Å². The minimum absolute atomic E-state index is 0.0428. The number of alkyl halides is 3. The Labute approximate surface area is 173 Å². The van der Waals surface area contributed by atoms with E-state index in [0.717, 1.165) is 5.56 Å². The lowest BCUT2D eigenvalue weighted by molar-refractivity contribution is -0.127. The van der Waals surface area contributed by atoms with Crippen molar-refractivity contribution in [1.29, 1.82) is 0 Å². The topological polar surface area (TPSA) is 49.4 Å². The van der Waals surface area contributed by atoms with Crippen LogP contribution in [0.25, 0.3) is 5.57 Å². The second kappa shape index (κ2) is 9.15. The molecule has 1 saturated heterocycles. The Balaban J connectivity index is 1.63. The second-order valence-corrected chi connectivity index (χ2v) is 7.31. The van der Waals surface area contributed by atoms with E-state index in [9.17, 15) is 22.8 Å². The lowest BCUT2D eigenvalue weighted by Crippen LogP contribution is -2.46. The molecular formula is C23H23F3N2O2. The Morgan fingerprint density at radius 2 is 1.60 bits per heavy atom. The van der Waals surface area contributed by atoms with Crippen molar-refractivity contribution < 1.29 is 22.8 Å². The largest absolute Gasteiger partial charge is 0.417 e. The summed E-state index contributed by atoms with van der Waals surface area (Å²) in [5.41, 5.74) is 0.465. The molecule has 158 valence electrons. The van der Waals surface area contributed by atoms with Crippen LogP contribution in [0.15, 0.2) is 60.7 Å². The maximum Gasteiger partial charge on any atom is 0.417 e. The third-order valence-corrected chi connectivity index (χ3v) is 5.19. The molecule has 1 aliphatic rings. The van der Waals surface area contributed by atoms with Crippen LogP contribution in [0, 0.1) is 6.92 Å². The van der Waals surface area contributed by atoms with Crippen LogP contribution in [0.4, 0.5) is 13.2 Å². The molecule has 2 amide bonds. The number of hydrogen-bond donors (Lipinski definition) is 1. The van der Waals surface area contributed by atoms with Gasteiger partial charge >= 0.3 is 6.18 Å². The van der Waals surface area contributed by atoms with Gasteiger partial charge in [0.25, 0.3) is 5.91 Å². The van der Waals surface area contributed by atoms with Gasteiger partial charge in [-0.15, -0.1) is 0 Å². The maximum absolute atomic E-state index is 13.4. The highest BCUT2D eigenvalue weighted by molar-refractivity contribution is 5.97. The van der Waals surface area contributed by atoms with E-state index >= 15 is 0 Å². The number of carbonyl (C=O) groups excluding carboxylic acids is 2. The molecule has 1 aliphatic heterocycles. The number of amides is 2. The Kier molecular flexibility index (Phi) is 6.59. The SMILES string of the molecule is Cc1ccccc1C(=O)NC1CCN(C(=O)/C=C(/c2ccccc2)C(F)(F)F)CC1. The van der Waals surface area contributed by atoms with Gasteiger partial charge in [-0.1, -0.05) is 48.5 Å². The van der Waals surface area contributed by atoms with E-state index in [1.54, 1.807) is 18.2 Å². The van der Waals surface area contributed by atoms with Crippen LogP contribution in [-0.2, 0) is 4.79 Å². The second-order valence-electron chi connectivity index (χ2n) is 7.31. The number of rotatable bonds is 4. The van der Waals surface area contributed by atoms with Crippen molar-refractivity contribution >= 4 is 17.4 Å². The fourth-order valence-electron chi connectivity index (χ4n) is 3.50. The van der Waals surface area contributed by atoms with Gasteiger partial charge in [-0.3, -0.25) is 9.59 Å². The molecule has 1 N–H and O–H groups in total. The molecule has 2 aromatic rings. The number of carbonyl (C=O) groups is 2. The molecule has 0 unspecified atom stereocenters. The summed E-state index contributed by atoms with van der Waals surface area (Å²) < 4.78 is 40.3. The highest BCUT2D eigenvalue weighted by Crippen LogP contribution is 2.34. The molecule has 30 heavy (non-hydrogen) atoms. The number of halogens is 3. The Morgan fingerprint density at radius 1 is 1.00 bits per heavy atom. The molecule has 1 heterocycles. The molecular weight excluding hydrogens is 393 g/mol. The molecule has 0 atom stereocenters. The van der Waals surface area contributed by atoms with E-state index in [-0.39, 0.29) is 30.6 Å². The van der Waals surface area contributed by atoms with Gasteiger partial charge in [0.2, 0.25) is 5.91 Å². The highest BCUT2D eigenvalue weighted by Gasteiger charge is 2.36. The van der Waals surface area contributed by atoms with Crippen LogP contribution in [0.3, 0.4) is 0 Å². The molecule has 0 radical (unpaired) electrons. The average Bonchev–Trinajstić information content (AvgIpc) is 2.72. The van der Waals surface area contributed by atoms with Crippen LogP contribution in [-0.4, -0.2) is 42.0 Å². The number of benzene rings is 2. The number of aryl methyl sites for hydroxylation is 1. The Hall–Kier alpha value is -3.09. The van der Waals surface area contributed by atoms with Gasteiger partial charge in [-0.05, 0) is 37.0 Å². The van der Waals surface area contributed by atoms with Crippen molar-refractivity contribution in [3.63, 3.8) is 0 Å². The molecule has 0 saturated carbocycles. The standard InChI is InChI=1S/C23H23F3N2O2/c1-16-7-5-6-10-19(16)22(30)27-18-11-13-28(14-12-18)21(29)15-20(23(24,25)26)17-8-3-2-4-9-17/h2-10,15,18H,11-14H2,1H3,(H,27,30)/b20-15-. The third kappa shape index (κ3) is 5.28. The van der Waals surface area contributed by atoms with Crippen molar-refractivity contribution in [2.75, 3.05) is 13.1 Å². The first-order valence-electron chi connectivity index (χ1n) is 9.75. The summed E-state index contributed by atoms with van der Waals surface area (Å²) in [7, 11) is 0. The third-order valence-electron chi connectivity index (χ3n) is 5.19. The van der Waals surface area contributed by atoms with Gasteiger partial charge in [-0.2, -0.15) is 13.2 Å². The van der Waals surface area contributed by atoms with Crippen LogP contribution < -0.4 is 5.32 Å². The fourth-order valence-corrected chi connectivity index (χ4v) is 3.50. The van der Waals surface area contributed by atoms with Gasteiger partial charge in [0.15, 0.2) is 0 Å². The number of nitrogens with zero attached hydrogens (tertiary/aromatic N) is 1. The van der Waals surface area contributed by atoms with Crippen molar-refractivity contribution in [2.45, 2.75) is 32.0 Å². The summed E-state index contributed by atoms with van der Waals surface area (Å²) >= 11 is 0. The van der Waals surface area contributed by atoms with Crippen molar-refractivity contribution in [3.05, 3.63) is 77.4 Å². The van der Waals surface area contributed by atoms with Crippen LogP contribution >= 0.6 is 0 Å². The summed E-state index contributed by atoms with van der Waals surface area (Å²) in [6.45, 7) is 2.43. The summed E-state index contributed by atoms with van der Waals surface area (Å²) in [5.74, 6) is -0.851. The highest BCUT2D eigenvalue weighted by atomic mass is 19.4. The molecule has 3 rings (SSSR count). The first kappa shape index (κ1) is 21.6. The molecule has 7 heteroatoms. The smallest absolute Gasteiger partial charge is 0.349 e. The predicted octanol–water partition coefficient (Wildman–Crippen LogP) is 4.36. The minimum Gasteiger partial charge on any atom is -0.349 e. The lowest BCUT2D eigenvalue weighted by Gasteiger charge is -2.32. The number of likely N-dealkylation sites (tertiary alicyclic amines) is 1. The quantitative estimate of drug-likeness (QED) is 0.753.